The van der Waals surface area contributed by atoms with E-state index in [0.717, 1.165) is 0 Å². The normalized spacial score (nSPS) is 14.1. The third kappa shape index (κ3) is 4.16. The molecular formula is C17H22N4O6S. The second-order valence-electron chi connectivity index (χ2n) is 6.20. The quantitative estimate of drug-likeness (QED) is 0.634. The number of methoxy groups -OCH3 is 1. The molecule has 1 aliphatic heterocycles. The van der Waals surface area contributed by atoms with Gasteiger partial charge >= 0.3 is 0 Å². The summed E-state index contributed by atoms with van der Waals surface area (Å²) in [6.45, 7) is 3.86. The summed E-state index contributed by atoms with van der Waals surface area (Å²) in [5, 5.41) is 3.87. The molecule has 0 aliphatic carbocycles. The predicted molar refractivity (Wildman–Crippen MR) is 98.6 cm³/mol. The fourth-order valence-electron chi connectivity index (χ4n) is 2.79. The van der Waals surface area contributed by atoms with Crippen LogP contribution in [-0.2, 0) is 32.5 Å². The van der Waals surface area contributed by atoms with E-state index in [1.54, 1.807) is 13.0 Å². The van der Waals surface area contributed by atoms with Crippen molar-refractivity contribution in [2.24, 2.45) is 0 Å². The van der Waals surface area contributed by atoms with Crippen LogP contribution in [0.15, 0.2) is 21.6 Å². The molecule has 0 radical (unpaired) electrons. The van der Waals surface area contributed by atoms with Crippen LogP contribution in [0.2, 0.25) is 0 Å². The van der Waals surface area contributed by atoms with Crippen molar-refractivity contribution in [1.82, 2.24) is 14.9 Å². The molecule has 28 heavy (non-hydrogen) atoms. The number of hydrogen-bond donors (Lipinski definition) is 1. The molecule has 1 amide bonds. The van der Waals surface area contributed by atoms with E-state index in [0.29, 0.717) is 35.1 Å². The van der Waals surface area contributed by atoms with E-state index in [2.05, 4.69) is 14.9 Å². The smallest absolute Gasteiger partial charge is 0.265 e. The van der Waals surface area contributed by atoms with Gasteiger partial charge in [-0.25, -0.2) is 13.1 Å². The zero-order valence-electron chi connectivity index (χ0n) is 15.9. The Labute approximate surface area is 162 Å². The second kappa shape index (κ2) is 8.25. The first-order valence-electron chi connectivity index (χ1n) is 8.73. The van der Waals surface area contributed by atoms with Crippen molar-refractivity contribution in [3.8, 4) is 5.75 Å². The first kappa shape index (κ1) is 20.2. The maximum absolute atomic E-state index is 12.6. The van der Waals surface area contributed by atoms with Crippen LogP contribution in [0.3, 0.4) is 0 Å². The molecule has 11 heteroatoms. The maximum atomic E-state index is 12.6. The van der Waals surface area contributed by atoms with E-state index >= 15 is 0 Å². The number of aryl methyl sites for hydroxylation is 2. The van der Waals surface area contributed by atoms with Crippen molar-refractivity contribution >= 4 is 21.6 Å². The Morgan fingerprint density at radius 1 is 1.36 bits per heavy atom. The molecule has 10 nitrogen and oxygen atoms in total. The van der Waals surface area contributed by atoms with Gasteiger partial charge in [0.2, 0.25) is 15.9 Å². The maximum Gasteiger partial charge on any atom is 0.265 e. The molecule has 0 atom stereocenters. The van der Waals surface area contributed by atoms with E-state index in [-0.39, 0.29) is 37.1 Å². The van der Waals surface area contributed by atoms with Gasteiger partial charge < -0.3 is 14.0 Å². The highest BCUT2D eigenvalue weighted by atomic mass is 32.2. The Hall–Kier alpha value is -2.50. The van der Waals surface area contributed by atoms with Crippen LogP contribution in [0.5, 0.6) is 5.75 Å². The Morgan fingerprint density at radius 2 is 2.14 bits per heavy atom. The number of sulfonamides is 1. The average Bonchev–Trinajstić information content (AvgIpc) is 3.11. The Kier molecular flexibility index (Phi) is 5.96. The lowest BCUT2D eigenvalue weighted by Crippen LogP contribution is -2.39. The number of anilines is 1. The number of benzene rings is 1. The number of amides is 1. The summed E-state index contributed by atoms with van der Waals surface area (Å²) >= 11 is 0. The lowest BCUT2D eigenvalue weighted by molar-refractivity contribution is -0.121. The molecule has 1 aromatic heterocycles. The summed E-state index contributed by atoms with van der Waals surface area (Å²) in [4.78, 5) is 18.1. The minimum Gasteiger partial charge on any atom is -0.482 e. The molecule has 0 spiro atoms. The van der Waals surface area contributed by atoms with Gasteiger partial charge in [0.1, 0.15) is 5.75 Å². The molecule has 0 unspecified atom stereocenters. The van der Waals surface area contributed by atoms with Crippen molar-refractivity contribution < 1.29 is 27.2 Å². The number of nitrogens with zero attached hydrogens (tertiary/aromatic N) is 3. The van der Waals surface area contributed by atoms with Gasteiger partial charge in [-0.3, -0.25) is 9.69 Å². The van der Waals surface area contributed by atoms with Crippen LogP contribution in [-0.4, -0.2) is 51.3 Å². The number of hydrogen-bond acceptors (Lipinski definition) is 8. The second-order valence-corrected chi connectivity index (χ2v) is 7.94. The van der Waals surface area contributed by atoms with Crippen LogP contribution >= 0.6 is 0 Å². The van der Waals surface area contributed by atoms with Crippen LogP contribution in [0, 0.1) is 6.92 Å². The highest BCUT2D eigenvalue weighted by molar-refractivity contribution is 7.89. The molecular weight excluding hydrogens is 388 g/mol. The highest BCUT2D eigenvalue weighted by Crippen LogP contribution is 2.36. The summed E-state index contributed by atoms with van der Waals surface area (Å²) in [5.74, 6) is 0.879. The Bertz CT molecular complexity index is 972. The molecule has 0 bridgehead atoms. The first-order chi connectivity index (χ1) is 13.4. The fourth-order valence-corrected chi connectivity index (χ4v) is 4.04. The van der Waals surface area contributed by atoms with Crippen LogP contribution in [0.4, 0.5) is 5.69 Å². The van der Waals surface area contributed by atoms with Crippen molar-refractivity contribution in [3.63, 3.8) is 0 Å². The van der Waals surface area contributed by atoms with Crippen molar-refractivity contribution in [2.75, 3.05) is 31.8 Å². The van der Waals surface area contributed by atoms with Gasteiger partial charge in [-0.05, 0) is 18.6 Å². The number of fused-ring (bicyclic) bond motifs is 1. The topological polar surface area (TPSA) is 124 Å². The molecule has 1 aliphatic rings. The zero-order valence-corrected chi connectivity index (χ0v) is 16.7. The Morgan fingerprint density at radius 3 is 2.82 bits per heavy atom. The van der Waals surface area contributed by atoms with Gasteiger partial charge in [-0.1, -0.05) is 12.1 Å². The van der Waals surface area contributed by atoms with Gasteiger partial charge in [0.15, 0.2) is 12.4 Å². The number of carbonyl (C=O) groups is 1. The van der Waals surface area contributed by atoms with Crippen LogP contribution in [0.1, 0.15) is 24.2 Å². The number of rotatable bonds is 8. The van der Waals surface area contributed by atoms with Crippen molar-refractivity contribution in [1.29, 1.82) is 0 Å². The first-order valence-corrected chi connectivity index (χ1v) is 10.2. The summed E-state index contributed by atoms with van der Waals surface area (Å²) < 4.78 is 43.0. The lowest BCUT2D eigenvalue weighted by atomic mass is 10.1. The monoisotopic (exact) mass is 410 g/mol. The summed E-state index contributed by atoms with van der Waals surface area (Å²) in [6.07, 6.45) is 0.594. The highest BCUT2D eigenvalue weighted by Gasteiger charge is 2.30. The number of ether oxygens (including phenoxy) is 2. The Balaban J connectivity index is 1.91. The van der Waals surface area contributed by atoms with Gasteiger partial charge in [-0.15, -0.1) is 0 Å². The van der Waals surface area contributed by atoms with Crippen LogP contribution < -0.4 is 14.4 Å². The zero-order chi connectivity index (χ0) is 20.3. The molecule has 152 valence electrons. The van der Waals surface area contributed by atoms with Gasteiger partial charge in [0.25, 0.3) is 5.91 Å². The predicted octanol–water partition coefficient (Wildman–Crippen LogP) is 0.791. The molecule has 2 heterocycles. The third-order valence-corrected chi connectivity index (χ3v) is 5.80. The van der Waals surface area contributed by atoms with Gasteiger partial charge in [-0.2, -0.15) is 4.98 Å². The van der Waals surface area contributed by atoms with E-state index in [9.17, 15) is 13.2 Å². The average molecular weight is 410 g/mol. The van der Waals surface area contributed by atoms with E-state index in [1.807, 2.05) is 6.92 Å². The molecule has 2 aromatic rings. The summed E-state index contributed by atoms with van der Waals surface area (Å²) in [6, 6.07) is 3.03. The molecule has 0 saturated carbocycles. The number of carbonyl (C=O) groups excluding carboxylic acids is 1. The largest absolute Gasteiger partial charge is 0.482 e. The SMILES string of the molecule is CCc1nc(CN2C(=O)COc3cc(S(=O)(=O)NCCOC)c(C)cc32)no1. The minimum atomic E-state index is -3.74. The summed E-state index contributed by atoms with van der Waals surface area (Å²) in [5.41, 5.74) is 0.946. The van der Waals surface area contributed by atoms with Gasteiger partial charge in [0, 0.05) is 26.1 Å². The summed E-state index contributed by atoms with van der Waals surface area (Å²) in [7, 11) is -2.25. The third-order valence-electron chi connectivity index (χ3n) is 4.20. The fraction of sp³-hybridized carbons (Fsp3) is 0.471. The molecule has 0 fully saturated rings. The van der Waals surface area contributed by atoms with E-state index < -0.39 is 10.0 Å². The van der Waals surface area contributed by atoms with E-state index in [4.69, 9.17) is 14.0 Å². The standard InChI is InChI=1S/C17H22N4O6S/c1-4-16-19-15(20-27-16)9-21-12-7-11(2)14(8-13(12)26-10-17(21)22)28(23,24)18-5-6-25-3/h7-8,18H,4-6,9-10H2,1-3H3. The molecule has 1 N–H and O–H groups in total. The number of nitrogens with one attached hydrogen (secondary N) is 1. The number of aromatic nitrogens is 2. The van der Waals surface area contributed by atoms with Crippen molar-refractivity contribution in [3.05, 3.63) is 29.4 Å². The minimum absolute atomic E-state index is 0.0875. The van der Waals surface area contributed by atoms with Crippen molar-refractivity contribution in [2.45, 2.75) is 31.7 Å². The van der Waals surface area contributed by atoms with Gasteiger partial charge in [0.05, 0.1) is 23.7 Å². The molecule has 3 rings (SSSR count). The van der Waals surface area contributed by atoms with Crippen LogP contribution in [0.25, 0.3) is 0 Å². The van der Waals surface area contributed by atoms with E-state index in [1.165, 1.54) is 18.1 Å². The lowest BCUT2D eigenvalue weighted by Gasteiger charge is -2.29. The molecule has 0 saturated heterocycles. The molecule has 1 aromatic carbocycles.